The Labute approximate surface area is 228 Å². The number of nitrogens with one attached hydrogen (secondary N) is 1. The first-order valence-electron chi connectivity index (χ1n) is 13.3. The van der Waals surface area contributed by atoms with Crippen molar-refractivity contribution in [3.63, 3.8) is 0 Å². The molecule has 2 aromatic carbocycles. The van der Waals surface area contributed by atoms with E-state index in [4.69, 9.17) is 24.2 Å². The fourth-order valence-corrected chi connectivity index (χ4v) is 5.07. The number of hydrogen-bond acceptors (Lipinski definition) is 10. The molecule has 0 amide bonds. The first kappa shape index (κ1) is 25.0. The summed E-state index contributed by atoms with van der Waals surface area (Å²) in [6.07, 6.45) is 1.83. The molecule has 10 nitrogen and oxygen atoms in total. The molecule has 0 saturated carbocycles. The van der Waals surface area contributed by atoms with E-state index in [0.717, 1.165) is 80.7 Å². The number of fused-ring (bicyclic) bond motifs is 1. The van der Waals surface area contributed by atoms with Gasteiger partial charge in [-0.05, 0) is 42.5 Å². The predicted molar refractivity (Wildman–Crippen MR) is 154 cm³/mol. The van der Waals surface area contributed by atoms with Gasteiger partial charge in [-0.25, -0.2) is 9.97 Å². The van der Waals surface area contributed by atoms with Crippen LogP contribution in [0.25, 0.3) is 10.9 Å². The summed E-state index contributed by atoms with van der Waals surface area (Å²) < 4.78 is 16.7. The molecule has 2 saturated heterocycles. The molecule has 2 aromatic heterocycles. The number of rotatable bonds is 7. The Balaban J connectivity index is 1.30. The lowest BCUT2D eigenvalue weighted by Crippen LogP contribution is -2.47. The minimum atomic E-state index is 0.635. The van der Waals surface area contributed by atoms with Crippen molar-refractivity contribution in [2.24, 2.45) is 0 Å². The van der Waals surface area contributed by atoms with E-state index in [9.17, 15) is 0 Å². The van der Waals surface area contributed by atoms with Crippen LogP contribution < -0.4 is 29.5 Å². The molecule has 0 unspecified atom stereocenters. The van der Waals surface area contributed by atoms with E-state index in [0.29, 0.717) is 17.4 Å². The number of morpholine rings is 1. The topological polar surface area (TPSA) is 88.1 Å². The van der Waals surface area contributed by atoms with Crippen molar-refractivity contribution < 1.29 is 14.2 Å². The van der Waals surface area contributed by atoms with Crippen LogP contribution in [0.1, 0.15) is 0 Å². The smallest absolute Gasteiger partial charge is 0.228 e. The zero-order chi connectivity index (χ0) is 26.6. The standard InChI is InChI=1S/C29H33N7O3/c1-37-25-19-23-24(20-26(25)38-2)32-29(36-13-11-35(12-14-36)27-5-3-4-10-30-27)33-28(23)31-21-6-8-22(9-7-21)34-15-17-39-18-16-34/h3-10,19-20H,11-18H2,1-2H3,(H,31,32,33). The molecule has 202 valence electrons. The molecular weight excluding hydrogens is 494 g/mol. The highest BCUT2D eigenvalue weighted by Crippen LogP contribution is 2.36. The van der Waals surface area contributed by atoms with Gasteiger partial charge in [0.15, 0.2) is 11.5 Å². The zero-order valence-corrected chi connectivity index (χ0v) is 22.3. The molecule has 2 fully saturated rings. The Morgan fingerprint density at radius 3 is 2.18 bits per heavy atom. The quantitative estimate of drug-likeness (QED) is 0.381. The molecule has 6 rings (SSSR count). The van der Waals surface area contributed by atoms with E-state index in [1.54, 1.807) is 14.2 Å². The highest BCUT2D eigenvalue weighted by Gasteiger charge is 2.22. The van der Waals surface area contributed by atoms with E-state index >= 15 is 0 Å². The predicted octanol–water partition coefficient (Wildman–Crippen LogP) is 3.95. The second kappa shape index (κ2) is 11.2. The van der Waals surface area contributed by atoms with E-state index in [2.05, 4.69) is 49.3 Å². The second-order valence-electron chi connectivity index (χ2n) is 9.53. The molecule has 4 heterocycles. The largest absolute Gasteiger partial charge is 0.493 e. The maximum absolute atomic E-state index is 5.59. The van der Waals surface area contributed by atoms with Crippen LogP contribution in [-0.4, -0.2) is 81.7 Å². The molecule has 10 heteroatoms. The third-order valence-corrected chi connectivity index (χ3v) is 7.23. The summed E-state index contributed by atoms with van der Waals surface area (Å²) in [5, 5.41) is 4.40. The minimum absolute atomic E-state index is 0.635. The fourth-order valence-electron chi connectivity index (χ4n) is 5.07. The van der Waals surface area contributed by atoms with Gasteiger partial charge in [0.25, 0.3) is 0 Å². The van der Waals surface area contributed by atoms with E-state index in [-0.39, 0.29) is 0 Å². The van der Waals surface area contributed by atoms with E-state index in [1.165, 1.54) is 5.69 Å². The maximum atomic E-state index is 5.59. The summed E-state index contributed by atoms with van der Waals surface area (Å²) in [5.74, 6) is 3.67. The van der Waals surface area contributed by atoms with Crippen LogP contribution in [0.15, 0.2) is 60.8 Å². The maximum Gasteiger partial charge on any atom is 0.228 e. The van der Waals surface area contributed by atoms with Gasteiger partial charge in [0.2, 0.25) is 5.95 Å². The average Bonchev–Trinajstić information content (AvgIpc) is 3.01. The Morgan fingerprint density at radius 1 is 0.769 bits per heavy atom. The lowest BCUT2D eigenvalue weighted by Gasteiger charge is -2.35. The number of ether oxygens (including phenoxy) is 3. The van der Waals surface area contributed by atoms with Gasteiger partial charge in [-0.2, -0.15) is 4.98 Å². The summed E-state index contributed by atoms with van der Waals surface area (Å²) in [5.41, 5.74) is 2.93. The molecule has 2 aliphatic heterocycles. The van der Waals surface area contributed by atoms with Crippen LogP contribution in [-0.2, 0) is 4.74 Å². The molecule has 0 atom stereocenters. The summed E-state index contributed by atoms with van der Waals surface area (Å²) in [6.45, 7) is 6.61. The van der Waals surface area contributed by atoms with Crippen molar-refractivity contribution >= 4 is 39.9 Å². The molecule has 39 heavy (non-hydrogen) atoms. The number of pyridine rings is 1. The van der Waals surface area contributed by atoms with Gasteiger partial charge in [0.05, 0.1) is 33.0 Å². The normalized spacial score (nSPS) is 15.9. The van der Waals surface area contributed by atoms with Crippen LogP contribution in [0.3, 0.4) is 0 Å². The van der Waals surface area contributed by atoms with Crippen LogP contribution in [0.4, 0.5) is 29.0 Å². The molecule has 0 bridgehead atoms. The van der Waals surface area contributed by atoms with Crippen LogP contribution in [0, 0.1) is 0 Å². The van der Waals surface area contributed by atoms with Crippen molar-refractivity contribution in [2.75, 3.05) is 86.7 Å². The van der Waals surface area contributed by atoms with Gasteiger partial charge >= 0.3 is 0 Å². The molecular formula is C29H33N7O3. The van der Waals surface area contributed by atoms with Crippen molar-refractivity contribution in [1.82, 2.24) is 15.0 Å². The Morgan fingerprint density at radius 2 is 1.49 bits per heavy atom. The molecule has 0 spiro atoms. The summed E-state index contributed by atoms with van der Waals surface area (Å²) in [4.78, 5) is 21.3. The van der Waals surface area contributed by atoms with E-state index in [1.807, 2.05) is 36.5 Å². The lowest BCUT2D eigenvalue weighted by molar-refractivity contribution is 0.122. The monoisotopic (exact) mass is 527 g/mol. The third-order valence-electron chi connectivity index (χ3n) is 7.23. The number of piperazine rings is 1. The SMILES string of the molecule is COc1cc2nc(N3CCN(c4ccccn4)CC3)nc(Nc3ccc(N4CCOCC4)cc3)c2cc1OC. The number of anilines is 5. The number of benzene rings is 2. The zero-order valence-electron chi connectivity index (χ0n) is 22.3. The fraction of sp³-hybridized carbons (Fsp3) is 0.345. The first-order chi connectivity index (χ1) is 19.2. The highest BCUT2D eigenvalue weighted by molar-refractivity contribution is 5.94. The first-order valence-corrected chi connectivity index (χ1v) is 13.3. The Bertz CT molecular complexity index is 1400. The third kappa shape index (κ3) is 5.33. The number of nitrogens with zero attached hydrogens (tertiary/aromatic N) is 6. The minimum Gasteiger partial charge on any atom is -0.493 e. The second-order valence-corrected chi connectivity index (χ2v) is 9.53. The van der Waals surface area contributed by atoms with Crippen molar-refractivity contribution in [3.05, 3.63) is 60.8 Å². The highest BCUT2D eigenvalue weighted by atomic mass is 16.5. The average molecular weight is 528 g/mol. The van der Waals surface area contributed by atoms with Gasteiger partial charge in [0.1, 0.15) is 11.6 Å². The Kier molecular flexibility index (Phi) is 7.18. The van der Waals surface area contributed by atoms with Gasteiger partial charge < -0.3 is 34.2 Å². The van der Waals surface area contributed by atoms with Crippen LogP contribution >= 0.6 is 0 Å². The van der Waals surface area contributed by atoms with E-state index < -0.39 is 0 Å². The van der Waals surface area contributed by atoms with Gasteiger partial charge in [-0.3, -0.25) is 0 Å². The molecule has 0 aliphatic carbocycles. The molecule has 1 N–H and O–H groups in total. The summed E-state index contributed by atoms with van der Waals surface area (Å²) in [7, 11) is 3.27. The van der Waals surface area contributed by atoms with Crippen molar-refractivity contribution in [2.45, 2.75) is 0 Å². The summed E-state index contributed by atoms with van der Waals surface area (Å²) >= 11 is 0. The number of hydrogen-bond donors (Lipinski definition) is 1. The molecule has 2 aliphatic rings. The van der Waals surface area contributed by atoms with Crippen LogP contribution in [0.5, 0.6) is 11.5 Å². The molecule has 4 aromatic rings. The van der Waals surface area contributed by atoms with Crippen LogP contribution in [0.2, 0.25) is 0 Å². The van der Waals surface area contributed by atoms with Gasteiger partial charge in [-0.15, -0.1) is 0 Å². The van der Waals surface area contributed by atoms with Gasteiger partial charge in [-0.1, -0.05) is 6.07 Å². The molecule has 0 radical (unpaired) electrons. The number of aromatic nitrogens is 3. The van der Waals surface area contributed by atoms with Gasteiger partial charge in [0, 0.05) is 68.3 Å². The van der Waals surface area contributed by atoms with Crippen molar-refractivity contribution in [1.29, 1.82) is 0 Å². The summed E-state index contributed by atoms with van der Waals surface area (Å²) in [6, 6.07) is 18.3. The van der Waals surface area contributed by atoms with Crippen molar-refractivity contribution in [3.8, 4) is 11.5 Å². The lowest BCUT2D eigenvalue weighted by atomic mass is 10.2. The number of methoxy groups -OCH3 is 2. The Hall–Kier alpha value is -4.31.